The van der Waals surface area contributed by atoms with Crippen molar-refractivity contribution in [3.05, 3.63) is 0 Å². The van der Waals surface area contributed by atoms with Crippen molar-refractivity contribution in [2.24, 2.45) is 0 Å². The second-order valence-electron chi connectivity index (χ2n) is 17.2. The van der Waals surface area contributed by atoms with Gasteiger partial charge in [0.05, 0.1) is 19.6 Å². The smallest absolute Gasteiger partial charge is 0.466 e. The molecule has 17 nitrogen and oxygen atoms in total. The summed E-state index contributed by atoms with van der Waals surface area (Å²) in [5.74, 6) is -1.04. The lowest BCUT2D eigenvalue weighted by Gasteiger charge is -2.43. The monoisotopic (exact) mass is 947 g/mol. The third-order valence-corrected chi connectivity index (χ3v) is 12.8. The van der Waals surface area contributed by atoms with Crippen LogP contribution in [0.1, 0.15) is 206 Å². The van der Waals surface area contributed by atoms with Gasteiger partial charge in [0.15, 0.2) is 0 Å². The van der Waals surface area contributed by atoms with E-state index in [9.17, 15) is 48.8 Å². The van der Waals surface area contributed by atoms with Crippen LogP contribution in [0.3, 0.4) is 0 Å². The molecule has 0 aromatic heterocycles. The highest BCUT2D eigenvalue weighted by Gasteiger charge is 2.54. The van der Waals surface area contributed by atoms with Gasteiger partial charge in [-0.05, 0) is 25.7 Å². The van der Waals surface area contributed by atoms with Crippen LogP contribution in [-0.4, -0.2) is 109 Å². The average molecular weight is 947 g/mol. The predicted octanol–water partition coefficient (Wildman–Crippen LogP) is 8.19. The minimum absolute atomic E-state index is 0.0284. The lowest BCUT2D eigenvalue weighted by Crippen LogP contribution is -2.64. The minimum Gasteiger partial charge on any atom is -0.466 e. The van der Waals surface area contributed by atoms with Crippen LogP contribution in [0, 0.1) is 0 Å². The molecule has 0 radical (unpaired) electrons. The topological polar surface area (TPSA) is 273 Å². The van der Waals surface area contributed by atoms with Crippen LogP contribution in [0.5, 0.6) is 0 Å². The van der Waals surface area contributed by atoms with Crippen molar-refractivity contribution in [1.82, 2.24) is 0 Å². The molecule has 1 aliphatic carbocycles. The number of phosphoric ester groups is 2. The Morgan fingerprint density at radius 1 is 0.492 bits per heavy atom. The number of Topliss-reactive ketones (excluding diaryl/α,β-unsaturated/α-hetero) is 1. The molecule has 19 heteroatoms. The number of hydrogen-bond acceptors (Lipinski definition) is 14. The molecule has 63 heavy (non-hydrogen) atoms. The van der Waals surface area contributed by atoms with Gasteiger partial charge >= 0.3 is 27.6 Å². The molecule has 0 aromatic carbocycles. The third kappa shape index (κ3) is 30.6. The first-order valence-electron chi connectivity index (χ1n) is 24.0. The van der Waals surface area contributed by atoms with E-state index in [0.29, 0.717) is 31.5 Å². The van der Waals surface area contributed by atoms with Gasteiger partial charge in [0.25, 0.3) is 0 Å². The lowest BCUT2D eigenvalue weighted by atomic mass is 9.85. The molecular weight excluding hydrogens is 862 g/mol. The molecule has 0 saturated heterocycles. The molecule has 0 amide bonds. The molecule has 4 unspecified atom stereocenters. The highest BCUT2D eigenvalue weighted by atomic mass is 31.2. The largest absolute Gasteiger partial charge is 0.472 e. The Bertz CT molecular complexity index is 1300. The maximum Gasteiger partial charge on any atom is 0.472 e. The number of hydrogen-bond donors (Lipinski definition) is 7. The third-order valence-electron chi connectivity index (χ3n) is 11.3. The van der Waals surface area contributed by atoms with Crippen LogP contribution in [0.2, 0.25) is 0 Å². The molecule has 8 atom stereocenters. The zero-order valence-corrected chi connectivity index (χ0v) is 40.1. The van der Waals surface area contributed by atoms with Crippen molar-refractivity contribution in [2.75, 3.05) is 13.2 Å². The standard InChI is InChI=1S/C44H84O17P2/c1-3-5-6-7-8-9-10-11-15-18-21-24-27-31-37(46)59-36(34-58-63(55,56)61-44-41(50)39(48)40(49)43(42(44)51)60-62(52,53)54)33-38(47)57-32-28-25-22-19-16-13-12-14-17-20-23-26-30-35(45)29-4-2/h36,39-44,48-51H,3-34H2,1-2H3,(H,55,56)(H2,52,53,54)/t36-,39+,40?,41+,42?,43-,44?/m1/s1. The average Bonchev–Trinajstić information content (AvgIpc) is 3.22. The molecule has 0 heterocycles. The summed E-state index contributed by atoms with van der Waals surface area (Å²) in [4.78, 5) is 66.0. The fourth-order valence-corrected chi connectivity index (χ4v) is 9.18. The summed E-state index contributed by atoms with van der Waals surface area (Å²) in [6.45, 7) is 3.50. The SMILES string of the molecule is CCCCCCCCCCCCCCCC(=O)O[C@@H](COP(=O)(O)OC1C(O)[C@H](OP(=O)(O)O)C(O)[C@H](O)[C@@H]1O)CC(=O)OCCCCCCCCCCCCCCC(=O)CCC. The van der Waals surface area contributed by atoms with E-state index in [4.69, 9.17) is 28.3 Å². The van der Waals surface area contributed by atoms with Crippen molar-refractivity contribution >= 4 is 33.4 Å². The first kappa shape index (κ1) is 59.7. The first-order chi connectivity index (χ1) is 30.0. The van der Waals surface area contributed by atoms with E-state index in [1.807, 2.05) is 6.92 Å². The van der Waals surface area contributed by atoms with E-state index in [0.717, 1.165) is 77.0 Å². The van der Waals surface area contributed by atoms with E-state index < -0.39 is 83.3 Å². The van der Waals surface area contributed by atoms with Gasteiger partial charge in [-0.1, -0.05) is 155 Å². The number of carbonyl (C=O) groups is 3. The Hall–Kier alpha value is -1.33. The number of carbonyl (C=O) groups excluding carboxylic acids is 3. The molecule has 1 saturated carbocycles. The Balaban J connectivity index is 2.56. The number of ether oxygens (including phenoxy) is 2. The fraction of sp³-hybridized carbons (Fsp3) is 0.932. The maximum atomic E-state index is 13.0. The van der Waals surface area contributed by atoms with Crippen LogP contribution < -0.4 is 0 Å². The van der Waals surface area contributed by atoms with Crippen molar-refractivity contribution in [1.29, 1.82) is 0 Å². The van der Waals surface area contributed by atoms with Gasteiger partial charge in [-0.3, -0.25) is 28.0 Å². The number of unbranched alkanes of at least 4 members (excludes halogenated alkanes) is 23. The molecule has 0 aliphatic heterocycles. The summed E-state index contributed by atoms with van der Waals surface area (Å²) in [5.41, 5.74) is 0. The van der Waals surface area contributed by atoms with Crippen LogP contribution in [0.15, 0.2) is 0 Å². The van der Waals surface area contributed by atoms with Gasteiger partial charge in [-0.25, -0.2) is 9.13 Å². The second kappa shape index (κ2) is 35.8. The van der Waals surface area contributed by atoms with Gasteiger partial charge in [-0.15, -0.1) is 0 Å². The molecule has 0 spiro atoms. The molecule has 1 rings (SSSR count). The summed E-state index contributed by atoms with van der Waals surface area (Å²) in [6.07, 6.45) is 14.1. The zero-order valence-electron chi connectivity index (χ0n) is 38.3. The van der Waals surface area contributed by atoms with E-state index in [1.54, 1.807) is 0 Å². The summed E-state index contributed by atoms with van der Waals surface area (Å²) in [6, 6.07) is 0. The molecule has 7 N–H and O–H groups in total. The van der Waals surface area contributed by atoms with Gasteiger partial charge in [0, 0.05) is 19.3 Å². The molecule has 372 valence electrons. The first-order valence-corrected chi connectivity index (χ1v) is 27.0. The summed E-state index contributed by atoms with van der Waals surface area (Å²) in [7, 11) is -10.7. The highest BCUT2D eigenvalue weighted by molar-refractivity contribution is 7.47. The number of ketones is 1. The van der Waals surface area contributed by atoms with Crippen molar-refractivity contribution in [3.8, 4) is 0 Å². The molecule has 1 aliphatic rings. The Labute approximate surface area is 376 Å². The summed E-state index contributed by atoms with van der Waals surface area (Å²) < 4.78 is 49.4. The van der Waals surface area contributed by atoms with Gasteiger partial charge < -0.3 is 44.6 Å². The van der Waals surface area contributed by atoms with E-state index in [2.05, 4.69) is 11.4 Å². The van der Waals surface area contributed by atoms with Gasteiger partial charge in [0.1, 0.15) is 48.5 Å². The molecule has 1 fully saturated rings. The second-order valence-corrected chi connectivity index (χ2v) is 19.8. The maximum absolute atomic E-state index is 13.0. The van der Waals surface area contributed by atoms with Crippen LogP contribution in [-0.2, 0) is 46.6 Å². The zero-order chi connectivity index (χ0) is 46.9. The number of esters is 2. The molecule has 0 bridgehead atoms. The van der Waals surface area contributed by atoms with Gasteiger partial charge in [-0.2, -0.15) is 0 Å². The van der Waals surface area contributed by atoms with E-state index in [1.165, 1.54) is 77.0 Å². The van der Waals surface area contributed by atoms with Gasteiger partial charge in [0.2, 0.25) is 0 Å². The fourth-order valence-electron chi connectivity index (χ4n) is 7.64. The van der Waals surface area contributed by atoms with Crippen molar-refractivity contribution < 1.29 is 81.7 Å². The predicted molar refractivity (Wildman–Crippen MR) is 237 cm³/mol. The number of phosphoric acid groups is 2. The Morgan fingerprint density at radius 3 is 1.38 bits per heavy atom. The molecule has 0 aromatic rings. The number of aliphatic hydroxyl groups is 4. The van der Waals surface area contributed by atoms with Crippen molar-refractivity contribution in [3.63, 3.8) is 0 Å². The van der Waals surface area contributed by atoms with Crippen LogP contribution in [0.25, 0.3) is 0 Å². The highest BCUT2D eigenvalue weighted by Crippen LogP contribution is 2.49. The Kier molecular flexibility index (Phi) is 33.9. The quantitative estimate of drug-likeness (QED) is 0.0173. The van der Waals surface area contributed by atoms with E-state index >= 15 is 0 Å². The molecular formula is C44H84O17P2. The summed E-state index contributed by atoms with van der Waals surface area (Å²) in [5, 5.41) is 41.2. The minimum atomic E-state index is -5.37. The summed E-state index contributed by atoms with van der Waals surface area (Å²) >= 11 is 0. The van der Waals surface area contributed by atoms with E-state index in [-0.39, 0.29) is 13.0 Å². The number of rotatable bonds is 41. The number of aliphatic hydroxyl groups excluding tert-OH is 4. The van der Waals surface area contributed by atoms with Crippen LogP contribution >= 0.6 is 15.6 Å². The normalized spacial score (nSPS) is 21.8. The van der Waals surface area contributed by atoms with Crippen molar-refractivity contribution in [2.45, 2.75) is 249 Å². The van der Waals surface area contributed by atoms with Crippen LogP contribution in [0.4, 0.5) is 0 Å². The Morgan fingerprint density at radius 2 is 0.921 bits per heavy atom. The lowest BCUT2D eigenvalue weighted by molar-refractivity contribution is -0.216.